The van der Waals surface area contributed by atoms with Crippen molar-refractivity contribution in [3.8, 4) is 0 Å². The van der Waals surface area contributed by atoms with Gasteiger partial charge in [-0.25, -0.2) is 0 Å². The molecule has 0 saturated heterocycles. The quantitative estimate of drug-likeness (QED) is 0.877. The van der Waals surface area contributed by atoms with Gasteiger partial charge in [-0.3, -0.25) is 0 Å². The van der Waals surface area contributed by atoms with E-state index in [0.717, 1.165) is 18.7 Å². The van der Waals surface area contributed by atoms with E-state index in [9.17, 15) is 0 Å². The topological polar surface area (TPSA) is 28.4 Å². The van der Waals surface area contributed by atoms with Crippen LogP contribution in [0.1, 0.15) is 22.9 Å². The third-order valence-electron chi connectivity index (χ3n) is 3.53. The molecule has 1 aliphatic heterocycles. The fourth-order valence-electron chi connectivity index (χ4n) is 2.53. The molecule has 1 aromatic carbocycles. The summed E-state index contributed by atoms with van der Waals surface area (Å²) in [6.45, 7) is 1.000. The highest BCUT2D eigenvalue weighted by atomic mass is 16.3. The smallest absolute Gasteiger partial charge is 0.125 e. The van der Waals surface area contributed by atoms with Crippen LogP contribution in [0.2, 0.25) is 0 Å². The molecular formula is C15H18N2O. The summed E-state index contributed by atoms with van der Waals surface area (Å²) in [6.07, 6.45) is 2.82. The fourth-order valence-corrected chi connectivity index (χ4v) is 2.53. The standard InChI is InChI=1S/C15H18N2O/c1-17(2)12-6-5-11-7-8-16-15(13(11)10-12)14-4-3-9-18-14/h3-6,9-10,15-16H,7-8H2,1-2H3. The summed E-state index contributed by atoms with van der Waals surface area (Å²) >= 11 is 0. The van der Waals surface area contributed by atoms with Crippen LogP contribution in [0.4, 0.5) is 5.69 Å². The third-order valence-corrected chi connectivity index (χ3v) is 3.53. The number of hydrogen-bond donors (Lipinski definition) is 1. The second kappa shape index (κ2) is 4.50. The number of rotatable bonds is 2. The van der Waals surface area contributed by atoms with Crippen LogP contribution >= 0.6 is 0 Å². The summed E-state index contributed by atoms with van der Waals surface area (Å²) in [4.78, 5) is 2.13. The molecule has 0 spiro atoms. The van der Waals surface area contributed by atoms with Crippen LogP contribution in [0.5, 0.6) is 0 Å². The molecule has 0 fully saturated rings. The monoisotopic (exact) mass is 242 g/mol. The molecule has 3 rings (SSSR count). The predicted octanol–water partition coefficient (Wildman–Crippen LogP) is 2.58. The van der Waals surface area contributed by atoms with Crippen LogP contribution in [0.3, 0.4) is 0 Å². The molecule has 1 N–H and O–H groups in total. The maximum absolute atomic E-state index is 5.55. The molecule has 0 aliphatic carbocycles. The second-order valence-corrected chi connectivity index (χ2v) is 4.93. The molecule has 2 aromatic rings. The molecule has 0 bridgehead atoms. The minimum Gasteiger partial charge on any atom is -0.467 e. The lowest BCUT2D eigenvalue weighted by atomic mass is 9.92. The highest BCUT2D eigenvalue weighted by Crippen LogP contribution is 2.31. The van der Waals surface area contributed by atoms with E-state index in [1.165, 1.54) is 16.8 Å². The van der Waals surface area contributed by atoms with Crippen LogP contribution in [-0.4, -0.2) is 20.6 Å². The van der Waals surface area contributed by atoms with Crippen molar-refractivity contribution < 1.29 is 4.42 Å². The van der Waals surface area contributed by atoms with Crippen LogP contribution in [0, 0.1) is 0 Å². The summed E-state index contributed by atoms with van der Waals surface area (Å²) in [6, 6.07) is 10.8. The zero-order valence-corrected chi connectivity index (χ0v) is 10.8. The number of benzene rings is 1. The molecule has 3 nitrogen and oxygen atoms in total. The average molecular weight is 242 g/mol. The maximum Gasteiger partial charge on any atom is 0.125 e. The lowest BCUT2D eigenvalue weighted by molar-refractivity contribution is 0.435. The summed E-state index contributed by atoms with van der Waals surface area (Å²) in [7, 11) is 4.14. The molecule has 18 heavy (non-hydrogen) atoms. The van der Waals surface area contributed by atoms with Crippen molar-refractivity contribution in [2.75, 3.05) is 25.5 Å². The van der Waals surface area contributed by atoms with Gasteiger partial charge < -0.3 is 14.6 Å². The largest absolute Gasteiger partial charge is 0.467 e. The number of fused-ring (bicyclic) bond motifs is 1. The first kappa shape index (κ1) is 11.4. The highest BCUT2D eigenvalue weighted by Gasteiger charge is 2.23. The van der Waals surface area contributed by atoms with Crippen molar-refractivity contribution in [2.24, 2.45) is 0 Å². The van der Waals surface area contributed by atoms with Gasteiger partial charge in [-0.15, -0.1) is 0 Å². The summed E-state index contributed by atoms with van der Waals surface area (Å²) in [5.41, 5.74) is 3.98. The lowest BCUT2D eigenvalue weighted by Gasteiger charge is -2.27. The molecule has 0 amide bonds. The number of nitrogens with zero attached hydrogens (tertiary/aromatic N) is 1. The van der Waals surface area contributed by atoms with Gasteiger partial charge >= 0.3 is 0 Å². The van der Waals surface area contributed by atoms with Gasteiger partial charge in [-0.05, 0) is 41.8 Å². The lowest BCUT2D eigenvalue weighted by Crippen LogP contribution is -2.30. The van der Waals surface area contributed by atoms with Gasteiger partial charge in [0.1, 0.15) is 5.76 Å². The molecule has 1 unspecified atom stereocenters. The fraction of sp³-hybridized carbons (Fsp3) is 0.333. The van der Waals surface area contributed by atoms with Gasteiger partial charge in [-0.2, -0.15) is 0 Å². The summed E-state index contributed by atoms with van der Waals surface area (Å²) in [5.74, 6) is 0.992. The normalized spacial score (nSPS) is 18.4. The van der Waals surface area contributed by atoms with Gasteiger partial charge in [0.2, 0.25) is 0 Å². The molecule has 0 saturated carbocycles. The minimum absolute atomic E-state index is 0.184. The van der Waals surface area contributed by atoms with E-state index in [1.807, 2.05) is 12.1 Å². The van der Waals surface area contributed by atoms with Crippen LogP contribution in [-0.2, 0) is 6.42 Å². The van der Waals surface area contributed by atoms with Gasteiger partial charge in [0.05, 0.1) is 12.3 Å². The van der Waals surface area contributed by atoms with Crippen LogP contribution in [0.15, 0.2) is 41.0 Å². The number of hydrogen-bond acceptors (Lipinski definition) is 3. The summed E-state index contributed by atoms with van der Waals surface area (Å²) in [5, 5.41) is 3.53. The Morgan fingerprint density at radius 3 is 2.89 bits per heavy atom. The molecule has 94 valence electrons. The van der Waals surface area contributed by atoms with E-state index in [0.29, 0.717) is 0 Å². The first-order valence-electron chi connectivity index (χ1n) is 6.32. The Bertz CT molecular complexity index is 531. The number of nitrogens with one attached hydrogen (secondary N) is 1. The van der Waals surface area contributed by atoms with Crippen molar-refractivity contribution >= 4 is 5.69 Å². The first-order chi connectivity index (χ1) is 8.75. The van der Waals surface area contributed by atoms with E-state index in [2.05, 4.69) is 42.5 Å². The van der Waals surface area contributed by atoms with Crippen molar-refractivity contribution in [3.63, 3.8) is 0 Å². The Kier molecular flexibility index (Phi) is 2.84. The Morgan fingerprint density at radius 2 is 2.17 bits per heavy atom. The number of furan rings is 1. The molecule has 3 heteroatoms. The van der Waals surface area contributed by atoms with Gasteiger partial charge in [-0.1, -0.05) is 6.07 Å². The Balaban J connectivity index is 2.05. The molecule has 1 aliphatic rings. The molecule has 1 atom stereocenters. The summed E-state index contributed by atoms with van der Waals surface area (Å²) < 4.78 is 5.55. The zero-order valence-electron chi connectivity index (χ0n) is 10.8. The second-order valence-electron chi connectivity index (χ2n) is 4.93. The molecule has 0 radical (unpaired) electrons. The van der Waals surface area contributed by atoms with E-state index in [1.54, 1.807) is 6.26 Å². The Morgan fingerprint density at radius 1 is 1.28 bits per heavy atom. The molecule has 2 heterocycles. The first-order valence-corrected chi connectivity index (χ1v) is 6.32. The van der Waals surface area contributed by atoms with E-state index in [4.69, 9.17) is 4.42 Å². The van der Waals surface area contributed by atoms with E-state index < -0.39 is 0 Å². The van der Waals surface area contributed by atoms with Crippen molar-refractivity contribution in [2.45, 2.75) is 12.5 Å². The van der Waals surface area contributed by atoms with Gasteiger partial charge in [0.25, 0.3) is 0 Å². The Labute approximate surface area is 107 Å². The molecule has 1 aromatic heterocycles. The van der Waals surface area contributed by atoms with E-state index in [-0.39, 0.29) is 6.04 Å². The van der Waals surface area contributed by atoms with Gasteiger partial charge in [0.15, 0.2) is 0 Å². The van der Waals surface area contributed by atoms with Gasteiger partial charge in [0, 0.05) is 26.3 Å². The molecular weight excluding hydrogens is 224 g/mol. The van der Waals surface area contributed by atoms with Crippen molar-refractivity contribution in [1.82, 2.24) is 5.32 Å². The predicted molar refractivity (Wildman–Crippen MR) is 73.0 cm³/mol. The highest BCUT2D eigenvalue weighted by molar-refractivity contribution is 5.52. The van der Waals surface area contributed by atoms with Crippen LogP contribution in [0.25, 0.3) is 0 Å². The SMILES string of the molecule is CN(C)c1ccc2c(c1)C(c1ccco1)NCC2. The number of anilines is 1. The third kappa shape index (κ3) is 1.91. The average Bonchev–Trinajstić information content (AvgIpc) is 2.91. The maximum atomic E-state index is 5.55. The van der Waals surface area contributed by atoms with Crippen LogP contribution < -0.4 is 10.2 Å². The van der Waals surface area contributed by atoms with Crippen molar-refractivity contribution in [3.05, 3.63) is 53.5 Å². The minimum atomic E-state index is 0.184. The van der Waals surface area contributed by atoms with Crippen molar-refractivity contribution in [1.29, 1.82) is 0 Å². The van der Waals surface area contributed by atoms with E-state index >= 15 is 0 Å². The Hall–Kier alpha value is -1.74. The zero-order chi connectivity index (χ0) is 12.5.